The largest absolute Gasteiger partial charge is 0.312 e. The third kappa shape index (κ3) is 2.74. The molecule has 0 spiro atoms. The average Bonchev–Trinajstić information content (AvgIpc) is 2.67. The zero-order valence-corrected chi connectivity index (χ0v) is 12.3. The fourth-order valence-corrected chi connectivity index (χ4v) is 2.51. The van der Waals surface area contributed by atoms with Gasteiger partial charge in [0.05, 0.1) is 6.04 Å². The van der Waals surface area contributed by atoms with Crippen LogP contribution in [0, 0.1) is 11.3 Å². The second kappa shape index (κ2) is 5.00. The second-order valence-electron chi connectivity index (χ2n) is 6.81. The van der Waals surface area contributed by atoms with Crippen LogP contribution >= 0.6 is 0 Å². The molecule has 1 N–H and O–H groups in total. The first-order chi connectivity index (χ1) is 8.39. The van der Waals surface area contributed by atoms with Gasteiger partial charge < -0.3 is 9.88 Å². The molecule has 0 saturated heterocycles. The van der Waals surface area contributed by atoms with Crippen molar-refractivity contribution < 1.29 is 0 Å². The van der Waals surface area contributed by atoms with Gasteiger partial charge in [-0.25, -0.2) is 0 Å². The van der Waals surface area contributed by atoms with Gasteiger partial charge in [-0.05, 0) is 17.8 Å². The molecule has 0 aromatic carbocycles. The van der Waals surface area contributed by atoms with E-state index in [2.05, 4.69) is 54.7 Å². The highest BCUT2D eigenvalue weighted by atomic mass is 15.3. The van der Waals surface area contributed by atoms with Crippen LogP contribution in [0.3, 0.4) is 0 Å². The predicted octanol–water partition coefficient (Wildman–Crippen LogP) is 2.56. The Morgan fingerprint density at radius 1 is 1.33 bits per heavy atom. The minimum absolute atomic E-state index is 0.181. The van der Waals surface area contributed by atoms with E-state index < -0.39 is 0 Å². The van der Waals surface area contributed by atoms with Gasteiger partial charge in [0, 0.05) is 19.5 Å². The molecular formula is C14H26N4. The Balaban J connectivity index is 2.21. The summed E-state index contributed by atoms with van der Waals surface area (Å²) in [6.07, 6.45) is 2.23. The van der Waals surface area contributed by atoms with Crippen molar-refractivity contribution in [2.24, 2.45) is 11.3 Å². The number of hydrogen-bond acceptors (Lipinski definition) is 3. The molecule has 1 unspecified atom stereocenters. The highest BCUT2D eigenvalue weighted by molar-refractivity contribution is 5.08. The van der Waals surface area contributed by atoms with Gasteiger partial charge in [-0.1, -0.05) is 34.6 Å². The summed E-state index contributed by atoms with van der Waals surface area (Å²) in [4.78, 5) is 0. The van der Waals surface area contributed by atoms with Crippen molar-refractivity contribution in [3.63, 3.8) is 0 Å². The van der Waals surface area contributed by atoms with Crippen molar-refractivity contribution in [2.45, 2.75) is 60.0 Å². The summed E-state index contributed by atoms with van der Waals surface area (Å²) in [6.45, 7) is 13.3. The van der Waals surface area contributed by atoms with E-state index in [4.69, 9.17) is 0 Å². The summed E-state index contributed by atoms with van der Waals surface area (Å²) in [7, 11) is 0. The van der Waals surface area contributed by atoms with Gasteiger partial charge in [-0.15, -0.1) is 10.2 Å². The standard InChI is InChI=1S/C14H26N4/c1-10(2)6-7-11-16-17-13-12(14(3,4)5)15-8-9-18(11)13/h10,12,15H,6-9H2,1-5H3. The molecule has 1 aliphatic heterocycles. The number of aryl methyl sites for hydroxylation is 1. The third-order valence-electron chi connectivity index (χ3n) is 3.61. The molecule has 2 rings (SSSR count). The molecule has 1 atom stereocenters. The van der Waals surface area contributed by atoms with E-state index in [1.54, 1.807) is 0 Å². The van der Waals surface area contributed by atoms with Crippen LogP contribution in [0.4, 0.5) is 0 Å². The van der Waals surface area contributed by atoms with Gasteiger partial charge >= 0.3 is 0 Å². The lowest BCUT2D eigenvalue weighted by atomic mass is 9.85. The minimum atomic E-state index is 0.181. The van der Waals surface area contributed by atoms with E-state index in [1.807, 2.05) is 0 Å². The van der Waals surface area contributed by atoms with Gasteiger partial charge in [0.25, 0.3) is 0 Å². The first-order valence-corrected chi connectivity index (χ1v) is 7.05. The van der Waals surface area contributed by atoms with Crippen molar-refractivity contribution in [1.82, 2.24) is 20.1 Å². The molecule has 2 heterocycles. The summed E-state index contributed by atoms with van der Waals surface area (Å²) in [5.74, 6) is 3.00. The summed E-state index contributed by atoms with van der Waals surface area (Å²) in [5.41, 5.74) is 0.181. The maximum absolute atomic E-state index is 4.43. The molecule has 4 heteroatoms. The lowest BCUT2D eigenvalue weighted by molar-refractivity contribution is 0.232. The van der Waals surface area contributed by atoms with Crippen LogP contribution in [0.5, 0.6) is 0 Å². The molecule has 0 radical (unpaired) electrons. The molecule has 0 amide bonds. The Morgan fingerprint density at radius 2 is 2.06 bits per heavy atom. The first kappa shape index (κ1) is 13.5. The van der Waals surface area contributed by atoms with Crippen LogP contribution in [0.15, 0.2) is 0 Å². The van der Waals surface area contributed by atoms with Crippen LogP contribution in [0.1, 0.15) is 58.7 Å². The first-order valence-electron chi connectivity index (χ1n) is 7.05. The highest BCUT2D eigenvalue weighted by Gasteiger charge is 2.33. The van der Waals surface area contributed by atoms with Crippen molar-refractivity contribution in [3.05, 3.63) is 11.6 Å². The van der Waals surface area contributed by atoms with Crippen LogP contribution < -0.4 is 5.32 Å². The zero-order valence-electron chi connectivity index (χ0n) is 12.3. The van der Waals surface area contributed by atoms with Crippen LogP contribution in [-0.2, 0) is 13.0 Å². The van der Waals surface area contributed by atoms with E-state index in [9.17, 15) is 0 Å². The van der Waals surface area contributed by atoms with Gasteiger partial charge in [-0.3, -0.25) is 0 Å². The van der Waals surface area contributed by atoms with E-state index >= 15 is 0 Å². The van der Waals surface area contributed by atoms with E-state index in [0.717, 1.165) is 37.1 Å². The number of rotatable bonds is 3. The van der Waals surface area contributed by atoms with Crippen LogP contribution in [0.25, 0.3) is 0 Å². The van der Waals surface area contributed by atoms with Crippen LogP contribution in [0.2, 0.25) is 0 Å². The van der Waals surface area contributed by atoms with Crippen LogP contribution in [-0.4, -0.2) is 21.3 Å². The Morgan fingerprint density at radius 3 is 2.67 bits per heavy atom. The Hall–Kier alpha value is -0.900. The topological polar surface area (TPSA) is 42.7 Å². The fourth-order valence-electron chi connectivity index (χ4n) is 2.51. The molecule has 1 aliphatic rings. The molecule has 1 aromatic heterocycles. The molecule has 0 fully saturated rings. The van der Waals surface area contributed by atoms with Crippen molar-refractivity contribution in [3.8, 4) is 0 Å². The lowest BCUT2D eigenvalue weighted by Gasteiger charge is -2.34. The van der Waals surface area contributed by atoms with Crippen molar-refractivity contribution in [1.29, 1.82) is 0 Å². The SMILES string of the molecule is CC(C)CCc1nnc2n1CCNC2C(C)(C)C. The predicted molar refractivity (Wildman–Crippen MR) is 73.4 cm³/mol. The quantitative estimate of drug-likeness (QED) is 0.896. The van der Waals surface area contributed by atoms with E-state index in [1.165, 1.54) is 6.42 Å². The lowest BCUT2D eigenvalue weighted by Crippen LogP contribution is -2.41. The smallest absolute Gasteiger partial charge is 0.150 e. The maximum Gasteiger partial charge on any atom is 0.150 e. The minimum Gasteiger partial charge on any atom is -0.312 e. The average molecular weight is 250 g/mol. The monoisotopic (exact) mass is 250 g/mol. The Bertz CT molecular complexity index is 400. The number of hydrogen-bond donors (Lipinski definition) is 1. The summed E-state index contributed by atoms with van der Waals surface area (Å²) >= 11 is 0. The summed E-state index contributed by atoms with van der Waals surface area (Å²) < 4.78 is 2.33. The molecule has 18 heavy (non-hydrogen) atoms. The molecule has 1 aromatic rings. The van der Waals surface area contributed by atoms with Gasteiger partial charge in [0.2, 0.25) is 0 Å². The highest BCUT2D eigenvalue weighted by Crippen LogP contribution is 2.33. The maximum atomic E-state index is 4.43. The number of aromatic nitrogens is 3. The van der Waals surface area contributed by atoms with E-state index in [-0.39, 0.29) is 5.41 Å². The third-order valence-corrected chi connectivity index (χ3v) is 3.61. The van der Waals surface area contributed by atoms with Gasteiger partial charge in [0.15, 0.2) is 5.82 Å². The normalized spacial score (nSPS) is 20.2. The van der Waals surface area contributed by atoms with Gasteiger partial charge in [-0.2, -0.15) is 0 Å². The zero-order chi connectivity index (χ0) is 13.3. The molecule has 0 aliphatic carbocycles. The number of nitrogens with zero attached hydrogens (tertiary/aromatic N) is 3. The molecular weight excluding hydrogens is 224 g/mol. The second-order valence-corrected chi connectivity index (χ2v) is 6.81. The molecule has 0 saturated carbocycles. The summed E-state index contributed by atoms with van der Waals surface area (Å²) in [6, 6.07) is 0.312. The Labute approximate surface area is 110 Å². The Kier molecular flexibility index (Phi) is 3.76. The molecule has 102 valence electrons. The van der Waals surface area contributed by atoms with Crippen molar-refractivity contribution in [2.75, 3.05) is 6.54 Å². The summed E-state index contributed by atoms with van der Waals surface area (Å²) in [5, 5.41) is 12.4. The van der Waals surface area contributed by atoms with Gasteiger partial charge in [0.1, 0.15) is 5.82 Å². The van der Waals surface area contributed by atoms with Crippen molar-refractivity contribution >= 4 is 0 Å². The number of nitrogens with one attached hydrogen (secondary N) is 1. The number of fused-ring (bicyclic) bond motifs is 1. The molecule has 0 bridgehead atoms. The van der Waals surface area contributed by atoms with E-state index in [0.29, 0.717) is 6.04 Å². The molecule has 4 nitrogen and oxygen atoms in total. The fraction of sp³-hybridized carbons (Fsp3) is 0.857.